The van der Waals surface area contributed by atoms with Crippen molar-refractivity contribution in [3.63, 3.8) is 0 Å². The summed E-state index contributed by atoms with van der Waals surface area (Å²) in [4.78, 5) is 38.0. The van der Waals surface area contributed by atoms with Gasteiger partial charge in [-0.1, -0.05) is 24.3 Å². The van der Waals surface area contributed by atoms with Crippen LogP contribution in [0.4, 0.5) is 32.0 Å². The standard InChI is InChI=1S/C34H31F6N3O6S/c1-47-27-15-19(4-5-21(27)17-43-12-2-3-13-43)14-25-24-11-10-23(49-32(46)34(38,39)40)16-28(24)50-29(25)20-6-8-22(9-7-20)42-30(44)26(41)18-48-31(45)33(35,36)37/h4-11,15-16,26H,2-3,12-14,17-18,41H2,1H3,(H,42,44)/t26-/m0/s1. The highest BCUT2D eigenvalue weighted by Crippen LogP contribution is 2.42. The third-order valence-corrected chi connectivity index (χ3v) is 9.15. The van der Waals surface area contributed by atoms with Gasteiger partial charge in [0, 0.05) is 27.4 Å². The van der Waals surface area contributed by atoms with Gasteiger partial charge in [0.15, 0.2) is 0 Å². The molecule has 0 bridgehead atoms. The van der Waals surface area contributed by atoms with Crippen LogP contribution in [-0.2, 0) is 32.1 Å². The van der Waals surface area contributed by atoms with Gasteiger partial charge in [-0.05, 0) is 90.8 Å². The molecule has 2 heterocycles. The van der Waals surface area contributed by atoms with Crippen LogP contribution < -0.4 is 20.5 Å². The molecule has 266 valence electrons. The van der Waals surface area contributed by atoms with Crippen LogP contribution in [0.25, 0.3) is 20.5 Å². The molecule has 0 radical (unpaired) electrons. The summed E-state index contributed by atoms with van der Waals surface area (Å²) in [7, 11) is 1.60. The molecule has 1 saturated heterocycles. The first-order chi connectivity index (χ1) is 23.6. The van der Waals surface area contributed by atoms with Crippen LogP contribution in [0.1, 0.15) is 29.5 Å². The number of thiophene rings is 1. The first-order valence-corrected chi connectivity index (χ1v) is 16.1. The van der Waals surface area contributed by atoms with E-state index >= 15 is 0 Å². The molecule has 1 amide bonds. The van der Waals surface area contributed by atoms with Crippen LogP contribution in [0, 0.1) is 0 Å². The molecule has 1 fully saturated rings. The first-order valence-electron chi connectivity index (χ1n) is 15.3. The highest BCUT2D eigenvalue weighted by atomic mass is 32.1. The Morgan fingerprint density at radius 2 is 1.60 bits per heavy atom. The fourth-order valence-corrected chi connectivity index (χ4v) is 6.70. The van der Waals surface area contributed by atoms with Crippen LogP contribution in [0.15, 0.2) is 60.7 Å². The summed E-state index contributed by atoms with van der Waals surface area (Å²) in [6.45, 7) is 1.80. The second-order valence-corrected chi connectivity index (χ2v) is 12.6. The fourth-order valence-electron chi connectivity index (χ4n) is 5.45. The normalized spacial score (nSPS) is 14.4. The number of likely N-dealkylation sites (tertiary alicyclic amines) is 1. The number of carbonyl (C=O) groups excluding carboxylic acids is 3. The molecule has 0 aliphatic carbocycles. The molecule has 1 aliphatic heterocycles. The van der Waals surface area contributed by atoms with Gasteiger partial charge in [0.2, 0.25) is 5.91 Å². The molecule has 9 nitrogen and oxygen atoms in total. The number of nitrogens with one attached hydrogen (secondary N) is 1. The summed E-state index contributed by atoms with van der Waals surface area (Å²) in [5.41, 5.74) is 9.30. The van der Waals surface area contributed by atoms with E-state index in [1.165, 1.54) is 35.6 Å². The Balaban J connectivity index is 1.42. The van der Waals surface area contributed by atoms with E-state index in [1.54, 1.807) is 25.3 Å². The van der Waals surface area contributed by atoms with Crippen LogP contribution in [0.5, 0.6) is 11.5 Å². The number of methoxy groups -OCH3 is 1. The number of hydrogen-bond acceptors (Lipinski definition) is 9. The smallest absolute Gasteiger partial charge is 0.491 e. The van der Waals surface area contributed by atoms with E-state index in [0.29, 0.717) is 22.1 Å². The van der Waals surface area contributed by atoms with Crippen molar-refractivity contribution in [2.45, 2.75) is 44.2 Å². The number of benzene rings is 3. The summed E-state index contributed by atoms with van der Waals surface area (Å²) >= 11 is 1.26. The van der Waals surface area contributed by atoms with E-state index in [2.05, 4.69) is 19.7 Å². The number of rotatable bonds is 11. The summed E-state index contributed by atoms with van der Waals surface area (Å²) in [5.74, 6) is -5.25. The molecule has 50 heavy (non-hydrogen) atoms. The maximum atomic E-state index is 12.9. The van der Waals surface area contributed by atoms with Gasteiger partial charge in [-0.25, -0.2) is 9.59 Å². The molecule has 5 rings (SSSR count). The van der Waals surface area contributed by atoms with E-state index in [4.69, 9.17) is 10.5 Å². The van der Waals surface area contributed by atoms with Crippen molar-refractivity contribution in [1.82, 2.24) is 4.90 Å². The number of halogens is 6. The summed E-state index contributed by atoms with van der Waals surface area (Å²) in [5, 5.41) is 3.17. The van der Waals surface area contributed by atoms with Gasteiger partial charge in [-0.2, -0.15) is 26.3 Å². The van der Waals surface area contributed by atoms with Gasteiger partial charge in [-0.3, -0.25) is 9.69 Å². The number of nitrogens with zero attached hydrogens (tertiary/aromatic N) is 1. The Morgan fingerprint density at radius 3 is 2.24 bits per heavy atom. The molecule has 3 aromatic carbocycles. The molecular formula is C34H31F6N3O6S. The van der Waals surface area contributed by atoms with E-state index in [0.717, 1.165) is 59.8 Å². The molecule has 1 aliphatic rings. The van der Waals surface area contributed by atoms with Crippen molar-refractivity contribution in [3.05, 3.63) is 77.4 Å². The molecule has 16 heteroatoms. The van der Waals surface area contributed by atoms with Crippen LogP contribution in [0.2, 0.25) is 0 Å². The minimum absolute atomic E-state index is 0.249. The SMILES string of the molecule is COc1cc(Cc2c(-c3ccc(NC(=O)[C@@H](N)COC(=O)C(F)(F)F)cc3)sc3cc(OC(=O)C(F)(F)F)ccc23)ccc1CN1CCCC1. The lowest BCUT2D eigenvalue weighted by Crippen LogP contribution is -2.41. The van der Waals surface area contributed by atoms with E-state index in [9.17, 15) is 40.7 Å². The Kier molecular flexibility index (Phi) is 11.0. The third-order valence-electron chi connectivity index (χ3n) is 7.91. The van der Waals surface area contributed by atoms with Crippen LogP contribution in [-0.4, -0.2) is 67.9 Å². The van der Waals surface area contributed by atoms with Crippen molar-refractivity contribution in [1.29, 1.82) is 0 Å². The lowest BCUT2D eigenvalue weighted by atomic mass is 9.97. The number of anilines is 1. The van der Waals surface area contributed by atoms with E-state index in [1.807, 2.05) is 18.2 Å². The largest absolute Gasteiger partial charge is 0.496 e. The number of ether oxygens (including phenoxy) is 3. The van der Waals surface area contributed by atoms with Gasteiger partial charge in [0.1, 0.15) is 24.1 Å². The van der Waals surface area contributed by atoms with Crippen molar-refractivity contribution in [3.8, 4) is 21.9 Å². The Bertz CT molecular complexity index is 1870. The van der Waals surface area contributed by atoms with Crippen LogP contribution >= 0.6 is 11.3 Å². The Hall–Kier alpha value is -4.67. The summed E-state index contributed by atoms with van der Waals surface area (Å²) in [6.07, 6.45) is -7.70. The zero-order valence-electron chi connectivity index (χ0n) is 26.5. The van der Waals surface area contributed by atoms with E-state index in [-0.39, 0.29) is 11.4 Å². The van der Waals surface area contributed by atoms with Crippen molar-refractivity contribution >= 4 is 45.0 Å². The van der Waals surface area contributed by atoms with Gasteiger partial charge in [0.25, 0.3) is 0 Å². The average Bonchev–Trinajstić information content (AvgIpc) is 3.71. The Morgan fingerprint density at radius 1 is 0.920 bits per heavy atom. The van der Waals surface area contributed by atoms with Crippen LogP contribution in [0.3, 0.4) is 0 Å². The van der Waals surface area contributed by atoms with Gasteiger partial charge in [-0.15, -0.1) is 11.3 Å². The number of alkyl halides is 6. The second-order valence-electron chi connectivity index (χ2n) is 11.5. The molecule has 4 aromatic rings. The maximum Gasteiger partial charge on any atom is 0.491 e. The Labute approximate surface area is 285 Å². The second kappa shape index (κ2) is 15.1. The number of esters is 2. The summed E-state index contributed by atoms with van der Waals surface area (Å²) in [6, 6.07) is 15.0. The number of nitrogens with two attached hydrogens (primary N) is 1. The molecular weight excluding hydrogens is 692 g/mol. The van der Waals surface area contributed by atoms with Gasteiger partial charge in [0.05, 0.1) is 7.11 Å². The van der Waals surface area contributed by atoms with Gasteiger partial charge >= 0.3 is 24.3 Å². The van der Waals surface area contributed by atoms with E-state index < -0.39 is 42.8 Å². The third kappa shape index (κ3) is 8.91. The molecule has 0 saturated carbocycles. The van der Waals surface area contributed by atoms with Crippen molar-refractivity contribution in [2.75, 3.05) is 32.1 Å². The predicted octanol–water partition coefficient (Wildman–Crippen LogP) is 6.60. The van der Waals surface area contributed by atoms with Crippen molar-refractivity contribution < 1.29 is 54.9 Å². The predicted molar refractivity (Wildman–Crippen MR) is 173 cm³/mol. The maximum absolute atomic E-state index is 12.9. The highest BCUT2D eigenvalue weighted by Gasteiger charge is 2.42. The zero-order chi connectivity index (χ0) is 36.2. The summed E-state index contributed by atoms with van der Waals surface area (Å²) < 4.78 is 90.7. The average molecular weight is 724 g/mol. The number of hydrogen-bond donors (Lipinski definition) is 2. The minimum atomic E-state index is -5.23. The molecule has 0 spiro atoms. The molecule has 0 unspecified atom stereocenters. The monoisotopic (exact) mass is 723 g/mol. The quantitative estimate of drug-likeness (QED) is 0.101. The first kappa shape index (κ1) is 36.6. The number of fused-ring (bicyclic) bond motifs is 1. The topological polar surface area (TPSA) is 120 Å². The lowest BCUT2D eigenvalue weighted by Gasteiger charge is -2.18. The molecule has 1 atom stereocenters. The zero-order valence-corrected chi connectivity index (χ0v) is 27.3. The van der Waals surface area contributed by atoms with Gasteiger partial charge < -0.3 is 25.3 Å². The molecule has 3 N–H and O–H groups in total. The van der Waals surface area contributed by atoms with Crippen molar-refractivity contribution in [2.24, 2.45) is 5.73 Å². The number of carbonyl (C=O) groups is 3. The minimum Gasteiger partial charge on any atom is -0.496 e. The fraction of sp³-hybridized carbons (Fsp3) is 0.324. The highest BCUT2D eigenvalue weighted by molar-refractivity contribution is 7.22. The lowest BCUT2D eigenvalue weighted by molar-refractivity contribution is -0.200. The molecule has 1 aromatic heterocycles. The number of amides is 1.